The lowest BCUT2D eigenvalue weighted by atomic mass is 9.87. The Morgan fingerprint density at radius 2 is 0.387 bits per heavy atom. The van der Waals surface area contributed by atoms with Crippen molar-refractivity contribution in [3.63, 3.8) is 0 Å². The van der Waals surface area contributed by atoms with E-state index in [2.05, 4.69) is 0 Å². The summed E-state index contributed by atoms with van der Waals surface area (Å²) < 4.78 is 455. The molecule has 1 aromatic carbocycles. The number of halogens is 34. The van der Waals surface area contributed by atoms with Crippen LogP contribution in [0.4, 0.5) is 149 Å². The van der Waals surface area contributed by atoms with Gasteiger partial charge < -0.3 is 0 Å². The van der Waals surface area contributed by atoms with Crippen molar-refractivity contribution in [2.45, 2.75) is 134 Å². The van der Waals surface area contributed by atoms with Crippen LogP contribution in [0.2, 0.25) is 0 Å². The smallest absolute Gasteiger partial charge is 0.200 e. The molecule has 0 unspecified atom stereocenters. The van der Waals surface area contributed by atoms with E-state index in [4.69, 9.17) is 0 Å². The van der Waals surface area contributed by atoms with Crippen molar-refractivity contribution in [1.82, 2.24) is 0 Å². The number of benzene rings is 1. The Bertz CT molecular complexity index is 1550. The first-order chi connectivity index (χ1) is 26.7. The second-order valence-electron chi connectivity index (χ2n) is 12.8. The molecule has 366 valence electrons. The summed E-state index contributed by atoms with van der Waals surface area (Å²) in [6.45, 7) is 0. The van der Waals surface area contributed by atoms with Crippen LogP contribution in [0, 0.1) is 0 Å². The van der Waals surface area contributed by atoms with Crippen LogP contribution in [0.15, 0.2) is 24.3 Å². The molecular formula is C28H16F34. The number of rotatable bonds is 20. The highest BCUT2D eigenvalue weighted by Crippen LogP contribution is 2.66. The van der Waals surface area contributed by atoms with Crippen molar-refractivity contribution in [2.75, 3.05) is 0 Å². The van der Waals surface area contributed by atoms with Crippen molar-refractivity contribution in [3.8, 4) is 0 Å². The molecule has 0 aliphatic carbocycles. The molecule has 1 aromatic rings. The van der Waals surface area contributed by atoms with Crippen LogP contribution in [-0.4, -0.2) is 95.3 Å². The molecule has 0 aliphatic rings. The van der Waals surface area contributed by atoms with Crippen LogP contribution in [0.25, 0.3) is 0 Å². The van der Waals surface area contributed by atoms with E-state index in [0.29, 0.717) is 24.3 Å². The fraction of sp³-hybridized carbons (Fsp3) is 0.786. The van der Waals surface area contributed by atoms with Gasteiger partial charge in [-0.25, -0.2) is 0 Å². The third kappa shape index (κ3) is 8.22. The summed E-state index contributed by atoms with van der Waals surface area (Å²) in [7, 11) is 0. The first-order valence-corrected chi connectivity index (χ1v) is 15.2. The zero-order chi connectivity index (χ0) is 50.2. The normalized spacial score (nSPS) is 16.3. The Labute approximate surface area is 319 Å². The number of alkyl halides is 34. The molecule has 34 heteroatoms. The minimum Gasteiger partial charge on any atom is -0.200 e. The summed E-state index contributed by atoms with van der Waals surface area (Å²) in [5, 5.41) is 0. The summed E-state index contributed by atoms with van der Waals surface area (Å²) in [5.41, 5.74) is -1.09. The Morgan fingerprint density at radius 3 is 0.565 bits per heavy atom. The molecule has 0 atom stereocenters. The standard InChI is InChI=1S/C28H16F34/c29-13(30,15(33,34)17(37,38)19(41,42)21(45,46)23(49,50)25(53,54)27(57,58)59)9-1-3-11-5-7-12(8-6-11)4-2-10-14(31,32)16(35,36)18(39,40)20(43,44)22(47,48)24(51,52)26(55,56)28(60,61)62/h5-8H,1-4,9-10H2. The fourth-order valence-electron chi connectivity index (χ4n) is 4.61. The van der Waals surface area contributed by atoms with Gasteiger partial charge in [0.1, 0.15) is 0 Å². The van der Waals surface area contributed by atoms with E-state index in [0.717, 1.165) is 0 Å². The lowest BCUT2D eigenvalue weighted by Gasteiger charge is -2.42. The molecule has 0 nitrogen and oxygen atoms in total. The van der Waals surface area contributed by atoms with E-state index in [-0.39, 0.29) is 0 Å². The van der Waals surface area contributed by atoms with E-state index in [1.54, 1.807) is 0 Å². The van der Waals surface area contributed by atoms with Gasteiger partial charge >= 0.3 is 95.3 Å². The Balaban J connectivity index is 3.17. The SMILES string of the molecule is FC(F)(F)C(F)(F)C(F)(F)C(F)(F)C(F)(F)C(F)(F)C(F)(F)C(F)(F)CCCc1ccc(CCCC(F)(F)C(F)(F)C(F)(F)C(F)(F)C(F)(F)C(F)(F)C(F)(F)C(F)(F)F)cc1. The van der Waals surface area contributed by atoms with Crippen LogP contribution < -0.4 is 0 Å². The van der Waals surface area contributed by atoms with Crippen molar-refractivity contribution in [2.24, 2.45) is 0 Å². The van der Waals surface area contributed by atoms with E-state index >= 15 is 0 Å². The van der Waals surface area contributed by atoms with Gasteiger partial charge in [0.05, 0.1) is 0 Å². The van der Waals surface area contributed by atoms with E-state index in [1.165, 1.54) is 0 Å². The molecule has 0 saturated carbocycles. The lowest BCUT2D eigenvalue weighted by Crippen LogP contribution is -2.74. The van der Waals surface area contributed by atoms with Crippen molar-refractivity contribution >= 4 is 0 Å². The highest BCUT2D eigenvalue weighted by molar-refractivity contribution is 5.23. The molecule has 0 fully saturated rings. The third-order valence-corrected chi connectivity index (χ3v) is 8.51. The maximum Gasteiger partial charge on any atom is 0.460 e. The first-order valence-electron chi connectivity index (χ1n) is 15.2. The highest BCUT2D eigenvalue weighted by Gasteiger charge is 2.96. The summed E-state index contributed by atoms with van der Waals surface area (Å²) >= 11 is 0. The zero-order valence-corrected chi connectivity index (χ0v) is 28.4. The second-order valence-corrected chi connectivity index (χ2v) is 12.8. The Kier molecular flexibility index (Phi) is 14.5. The minimum absolute atomic E-state index is 0.540. The van der Waals surface area contributed by atoms with Gasteiger partial charge in [-0.05, 0) is 36.8 Å². The van der Waals surface area contributed by atoms with Gasteiger partial charge in [-0.15, -0.1) is 0 Å². The number of hydrogen-bond donors (Lipinski definition) is 0. The molecule has 0 amide bonds. The molecule has 1 rings (SSSR count). The van der Waals surface area contributed by atoms with Gasteiger partial charge in [-0.3, -0.25) is 0 Å². The summed E-state index contributed by atoms with van der Waals surface area (Å²) in [5.74, 6) is -116. The summed E-state index contributed by atoms with van der Waals surface area (Å²) in [6, 6.07) is 2.16. The van der Waals surface area contributed by atoms with E-state index in [1.807, 2.05) is 0 Å². The maximum atomic E-state index is 14.1. The largest absolute Gasteiger partial charge is 0.460 e. The van der Waals surface area contributed by atoms with E-state index in [9.17, 15) is 149 Å². The number of hydrogen-bond acceptors (Lipinski definition) is 0. The molecule has 62 heavy (non-hydrogen) atoms. The molecule has 0 bridgehead atoms. The molecule has 0 aromatic heterocycles. The van der Waals surface area contributed by atoms with Crippen molar-refractivity contribution in [3.05, 3.63) is 35.4 Å². The van der Waals surface area contributed by atoms with Gasteiger partial charge in [-0.2, -0.15) is 149 Å². The van der Waals surface area contributed by atoms with E-state index < -0.39 is 145 Å². The van der Waals surface area contributed by atoms with Crippen LogP contribution in [0.5, 0.6) is 0 Å². The molecule has 0 radical (unpaired) electrons. The van der Waals surface area contributed by atoms with Crippen molar-refractivity contribution in [1.29, 1.82) is 0 Å². The average molecular weight is 998 g/mol. The van der Waals surface area contributed by atoms with Gasteiger partial charge in [0.2, 0.25) is 0 Å². The topological polar surface area (TPSA) is 0 Å². The van der Waals surface area contributed by atoms with Gasteiger partial charge in [0, 0.05) is 12.8 Å². The zero-order valence-electron chi connectivity index (χ0n) is 28.4. The van der Waals surface area contributed by atoms with Gasteiger partial charge in [0.15, 0.2) is 0 Å². The lowest BCUT2D eigenvalue weighted by molar-refractivity contribution is -0.461. The Morgan fingerprint density at radius 1 is 0.226 bits per heavy atom. The molecule has 0 N–H and O–H groups in total. The average Bonchev–Trinajstić information content (AvgIpc) is 3.06. The second kappa shape index (κ2) is 15.8. The molecule has 0 saturated heterocycles. The molecule has 0 aliphatic heterocycles. The minimum atomic E-state index is -8.87. The fourth-order valence-corrected chi connectivity index (χ4v) is 4.61. The quantitative estimate of drug-likeness (QED) is 0.114. The first kappa shape index (κ1) is 56.9. The molecular weight excluding hydrogens is 982 g/mol. The van der Waals surface area contributed by atoms with Crippen LogP contribution >= 0.6 is 0 Å². The monoisotopic (exact) mass is 998 g/mol. The van der Waals surface area contributed by atoms with Crippen LogP contribution in [0.3, 0.4) is 0 Å². The van der Waals surface area contributed by atoms with Gasteiger partial charge in [0.25, 0.3) is 0 Å². The predicted octanol–water partition coefficient (Wildman–Crippen LogP) is 14.4. The Hall–Kier alpha value is -3.16. The summed E-state index contributed by atoms with van der Waals surface area (Å²) in [6.07, 6.45) is -27.5. The third-order valence-electron chi connectivity index (χ3n) is 8.51. The molecule has 0 spiro atoms. The maximum absolute atomic E-state index is 14.1. The highest BCUT2D eigenvalue weighted by atomic mass is 19.4. The van der Waals surface area contributed by atoms with Gasteiger partial charge in [-0.1, -0.05) is 24.3 Å². The summed E-state index contributed by atoms with van der Waals surface area (Å²) in [4.78, 5) is 0. The van der Waals surface area contributed by atoms with Crippen LogP contribution in [-0.2, 0) is 12.8 Å². The van der Waals surface area contributed by atoms with Crippen molar-refractivity contribution < 1.29 is 149 Å². The predicted molar refractivity (Wildman–Crippen MR) is 134 cm³/mol. The molecule has 0 heterocycles. The number of aryl methyl sites for hydroxylation is 2. The van der Waals surface area contributed by atoms with Crippen LogP contribution in [0.1, 0.15) is 36.8 Å².